The van der Waals surface area contributed by atoms with Gasteiger partial charge in [-0.3, -0.25) is 0 Å². The summed E-state index contributed by atoms with van der Waals surface area (Å²) < 4.78 is 158. The predicted molar refractivity (Wildman–Crippen MR) is 215 cm³/mol. The fourth-order valence-electron chi connectivity index (χ4n) is 8.28. The molecule has 0 amide bonds. The molecule has 62 heavy (non-hydrogen) atoms. The molecule has 0 unspecified atom stereocenters. The van der Waals surface area contributed by atoms with E-state index >= 15 is 0 Å². The van der Waals surface area contributed by atoms with Gasteiger partial charge in [-0.25, -0.2) is 26.3 Å². The zero-order valence-electron chi connectivity index (χ0n) is 33.7. The van der Waals surface area contributed by atoms with Crippen molar-refractivity contribution in [1.29, 1.82) is 0 Å². The van der Waals surface area contributed by atoms with E-state index in [0.29, 0.717) is 29.5 Å². The van der Waals surface area contributed by atoms with E-state index in [2.05, 4.69) is 29.8 Å². The van der Waals surface area contributed by atoms with E-state index in [1.165, 1.54) is 37.1 Å². The molecule has 2 aliphatic rings. The Kier molecular flexibility index (Phi) is 17.7. The molecular weight excluding hydrogens is 911 g/mol. The van der Waals surface area contributed by atoms with Gasteiger partial charge in [-0.15, -0.1) is 0 Å². The van der Waals surface area contributed by atoms with E-state index in [0.717, 1.165) is 76.3 Å². The van der Waals surface area contributed by atoms with Crippen LogP contribution >= 0.6 is 15.9 Å². The molecule has 2 aliphatic carbocycles. The lowest BCUT2D eigenvalue weighted by atomic mass is 9.74. The topological polar surface area (TPSA) is 80.9 Å². The summed E-state index contributed by atoms with van der Waals surface area (Å²) in [5, 5.41) is 36.6. The van der Waals surface area contributed by atoms with Crippen molar-refractivity contribution in [2.24, 2.45) is 11.8 Å². The Labute approximate surface area is 360 Å². The molecule has 0 bridgehead atoms. The van der Waals surface area contributed by atoms with Crippen molar-refractivity contribution < 1.29 is 72.9 Å². The number of rotatable bonds is 8. The number of hydrogen-bond acceptors (Lipinski definition) is 4. The number of hydrogen-bond donors (Lipinski definition) is 4. The number of benzene rings is 4. The average Bonchev–Trinajstić information content (AvgIpc) is 3.20. The largest absolute Gasteiger partial charge is 0.504 e. The summed E-state index contributed by atoms with van der Waals surface area (Å²) in [6.45, 7) is 4.28. The van der Waals surface area contributed by atoms with Gasteiger partial charge in [0, 0.05) is 16.6 Å². The summed E-state index contributed by atoms with van der Waals surface area (Å²) in [6, 6.07) is 7.98. The zero-order valence-corrected chi connectivity index (χ0v) is 35.3. The smallest absolute Gasteiger partial charge is 0.491 e. The molecule has 0 radical (unpaired) electrons. The minimum Gasteiger partial charge on any atom is -0.504 e. The van der Waals surface area contributed by atoms with E-state index in [-0.39, 0.29) is 21.9 Å². The van der Waals surface area contributed by atoms with Gasteiger partial charge in [0.1, 0.15) is 0 Å². The van der Waals surface area contributed by atoms with E-state index in [1.807, 2.05) is 0 Å². The van der Waals surface area contributed by atoms with Gasteiger partial charge in [-0.1, -0.05) is 63.8 Å². The van der Waals surface area contributed by atoms with E-state index in [4.69, 9.17) is 15.2 Å². The van der Waals surface area contributed by atoms with Crippen molar-refractivity contribution in [3.05, 3.63) is 110 Å². The molecule has 340 valence electrons. The number of phenols is 2. The maximum Gasteiger partial charge on any atom is 0.491 e. The van der Waals surface area contributed by atoms with Crippen LogP contribution in [0.15, 0.2) is 53.0 Å². The minimum absolute atomic E-state index is 0.0440. The average molecular weight is 958 g/mol. The van der Waals surface area contributed by atoms with Crippen molar-refractivity contribution in [2.45, 2.75) is 115 Å². The quantitative estimate of drug-likeness (QED) is 0.105. The molecule has 0 heterocycles. The van der Waals surface area contributed by atoms with Gasteiger partial charge >= 0.3 is 19.5 Å². The van der Waals surface area contributed by atoms with Crippen molar-refractivity contribution >= 4 is 28.5 Å². The normalized spacial score (nSPS) is 19.2. The van der Waals surface area contributed by atoms with Crippen LogP contribution in [0, 0.1) is 46.7 Å². The lowest BCUT2D eigenvalue weighted by Crippen LogP contribution is -2.34. The number of aromatic hydroxyl groups is 2. The van der Waals surface area contributed by atoms with Crippen LogP contribution in [0.4, 0.5) is 52.7 Å². The van der Waals surface area contributed by atoms with E-state index in [1.54, 1.807) is 0 Å². The molecular formula is C44H46BBrF12O4. The Morgan fingerprint density at radius 2 is 0.919 bits per heavy atom. The summed E-state index contributed by atoms with van der Waals surface area (Å²) >= 11 is 2.69. The number of alkyl halides is 6. The Balaban J connectivity index is 0.000000222. The summed E-state index contributed by atoms with van der Waals surface area (Å²) in [7, 11) is -1.97. The van der Waals surface area contributed by atoms with E-state index < -0.39 is 93.6 Å². The third-order valence-corrected chi connectivity index (χ3v) is 12.2. The van der Waals surface area contributed by atoms with Crippen LogP contribution < -0.4 is 5.46 Å². The molecule has 0 aliphatic heterocycles. The molecule has 0 atom stereocenters. The first-order chi connectivity index (χ1) is 29.0. The molecule has 4 aromatic carbocycles. The van der Waals surface area contributed by atoms with Crippen LogP contribution in [0.2, 0.25) is 0 Å². The van der Waals surface area contributed by atoms with Crippen LogP contribution in [0.3, 0.4) is 0 Å². The van der Waals surface area contributed by atoms with Crippen LogP contribution in [0.25, 0.3) is 11.1 Å². The third kappa shape index (κ3) is 12.2. The number of phenolic OH excluding ortho intramolecular Hbond substituents is 2. The molecule has 4 aromatic rings. The monoisotopic (exact) mass is 956 g/mol. The molecule has 2 saturated carbocycles. The maximum atomic E-state index is 14.7. The van der Waals surface area contributed by atoms with Gasteiger partial charge < -0.3 is 20.3 Å². The lowest BCUT2D eigenvalue weighted by molar-refractivity contribution is -0.141. The minimum atomic E-state index is -5.01. The summed E-state index contributed by atoms with van der Waals surface area (Å²) in [5.41, 5.74) is -3.95. The van der Waals surface area contributed by atoms with Crippen molar-refractivity contribution in [2.75, 3.05) is 0 Å². The molecule has 18 heteroatoms. The Hall–Kier alpha value is -3.90. The molecule has 4 nitrogen and oxygen atoms in total. The van der Waals surface area contributed by atoms with Gasteiger partial charge in [0.15, 0.2) is 46.4 Å². The molecule has 0 spiro atoms. The highest BCUT2D eigenvalue weighted by atomic mass is 79.9. The molecule has 0 aromatic heterocycles. The standard InChI is InChI=1S/C22H22F6O.C15H21BF2O2.C7H3BrF4O/c1-2-3-12-4-6-13(7-5-12)14-8-9-15(19(24)18(14)23)16-10-11-17(22(26,27)28)20(25)21(16)29;1-2-3-10-4-6-11(7-5-10)12-8-9-13(16(19)20)15(18)14(12)17;8-4-2-1-3(7(10,11)12)5(9)6(4)13/h8-13,29H,2-7H2,1H3;8-11,19-20H,2-7H2,1H3;1-2,13H. The van der Waals surface area contributed by atoms with Crippen LogP contribution in [-0.4, -0.2) is 27.4 Å². The summed E-state index contributed by atoms with van der Waals surface area (Å²) in [6.07, 6.45) is 1.99. The van der Waals surface area contributed by atoms with E-state index in [9.17, 15) is 57.8 Å². The van der Waals surface area contributed by atoms with Gasteiger partial charge in [0.25, 0.3) is 0 Å². The molecule has 4 N–H and O–H groups in total. The van der Waals surface area contributed by atoms with Crippen LogP contribution in [-0.2, 0) is 12.4 Å². The second-order valence-corrected chi connectivity index (χ2v) is 16.5. The highest BCUT2D eigenvalue weighted by molar-refractivity contribution is 9.10. The Morgan fingerprint density at radius 3 is 1.35 bits per heavy atom. The fraction of sp³-hybridized carbons (Fsp3) is 0.455. The lowest BCUT2D eigenvalue weighted by Gasteiger charge is -2.29. The molecule has 0 saturated heterocycles. The first-order valence-electron chi connectivity index (χ1n) is 20.2. The van der Waals surface area contributed by atoms with Crippen LogP contribution in [0.1, 0.15) is 125 Å². The molecule has 6 rings (SSSR count). The Morgan fingerprint density at radius 1 is 0.516 bits per heavy atom. The highest BCUT2D eigenvalue weighted by Crippen LogP contribution is 2.44. The summed E-state index contributed by atoms with van der Waals surface area (Å²) in [5.74, 6) is -9.20. The second-order valence-electron chi connectivity index (χ2n) is 15.7. The highest BCUT2D eigenvalue weighted by Gasteiger charge is 2.37. The van der Waals surface area contributed by atoms with Crippen LogP contribution in [0.5, 0.6) is 11.5 Å². The first kappa shape index (κ1) is 50.7. The fourth-order valence-corrected chi connectivity index (χ4v) is 8.59. The summed E-state index contributed by atoms with van der Waals surface area (Å²) in [4.78, 5) is 0. The van der Waals surface area contributed by atoms with Crippen molar-refractivity contribution in [3.63, 3.8) is 0 Å². The van der Waals surface area contributed by atoms with Gasteiger partial charge in [0.2, 0.25) is 0 Å². The first-order valence-corrected chi connectivity index (χ1v) is 21.0. The zero-order chi connectivity index (χ0) is 46.3. The molecule has 2 fully saturated rings. The SMILES string of the molecule is CCCC1CCC(c2ccc(-c3ccc(C(F)(F)F)c(F)c3O)c(F)c2F)CC1.CCCC1CCC(c2ccc(B(O)O)c(F)c2F)CC1.Oc1c(Br)ccc(C(F)(F)F)c1F. The number of halogens is 13. The Bertz CT molecular complexity index is 2130. The second kappa shape index (κ2) is 21.7. The van der Waals surface area contributed by atoms with Crippen molar-refractivity contribution in [3.8, 4) is 22.6 Å². The van der Waals surface area contributed by atoms with Gasteiger partial charge in [-0.2, -0.15) is 26.3 Å². The maximum absolute atomic E-state index is 14.7. The third-order valence-electron chi connectivity index (χ3n) is 11.6. The van der Waals surface area contributed by atoms with Crippen molar-refractivity contribution in [1.82, 2.24) is 0 Å². The van der Waals surface area contributed by atoms with Gasteiger partial charge in [0.05, 0.1) is 15.6 Å². The van der Waals surface area contributed by atoms with Gasteiger partial charge in [-0.05, 0) is 126 Å². The predicted octanol–water partition coefficient (Wildman–Crippen LogP) is 13.6.